The third-order valence-electron chi connectivity index (χ3n) is 3.34. The summed E-state index contributed by atoms with van der Waals surface area (Å²) < 4.78 is 11.0. The van der Waals surface area contributed by atoms with E-state index in [-0.39, 0.29) is 18.1 Å². The van der Waals surface area contributed by atoms with Crippen LogP contribution in [0.5, 0.6) is 0 Å². The Hall–Kier alpha value is -1.30. The Labute approximate surface area is 139 Å². The molecule has 1 saturated heterocycles. The zero-order chi connectivity index (χ0) is 17.7. The zero-order valence-electron chi connectivity index (χ0n) is 15.4. The predicted molar refractivity (Wildman–Crippen MR) is 89.3 cm³/mol. The number of nitrogens with one attached hydrogen (secondary N) is 1. The standard InChI is InChI=1S/C17H32N2O4/c1-16(2,3)22-12-13(18-15(21)23-17(4,5)6)14(20)19-10-8-7-9-11-19/h13H,7-12H2,1-6H3,(H,18,21)/t13-/m0/s1. The van der Waals surface area contributed by atoms with Gasteiger partial charge in [0.2, 0.25) is 5.91 Å². The van der Waals surface area contributed by atoms with Crippen molar-refractivity contribution in [1.82, 2.24) is 10.2 Å². The van der Waals surface area contributed by atoms with E-state index >= 15 is 0 Å². The fraction of sp³-hybridized carbons (Fsp3) is 0.882. The quantitative estimate of drug-likeness (QED) is 0.861. The van der Waals surface area contributed by atoms with Crippen LogP contribution < -0.4 is 5.32 Å². The van der Waals surface area contributed by atoms with Gasteiger partial charge in [-0.25, -0.2) is 4.79 Å². The number of hydrogen-bond donors (Lipinski definition) is 1. The summed E-state index contributed by atoms with van der Waals surface area (Å²) in [5.41, 5.74) is -0.982. The average Bonchev–Trinajstić information content (AvgIpc) is 2.40. The summed E-state index contributed by atoms with van der Waals surface area (Å²) in [4.78, 5) is 26.5. The lowest BCUT2D eigenvalue weighted by Gasteiger charge is -2.32. The van der Waals surface area contributed by atoms with E-state index in [1.54, 1.807) is 25.7 Å². The van der Waals surface area contributed by atoms with Gasteiger partial charge < -0.3 is 19.7 Å². The Bertz CT molecular complexity index is 404. The molecule has 0 unspecified atom stereocenters. The van der Waals surface area contributed by atoms with Crippen molar-refractivity contribution in [2.75, 3.05) is 19.7 Å². The molecule has 0 saturated carbocycles. The molecule has 6 heteroatoms. The smallest absolute Gasteiger partial charge is 0.408 e. The highest BCUT2D eigenvalue weighted by molar-refractivity contribution is 5.86. The van der Waals surface area contributed by atoms with Crippen LogP contribution >= 0.6 is 0 Å². The molecule has 0 aliphatic carbocycles. The molecule has 2 amide bonds. The molecule has 0 radical (unpaired) electrons. The molecule has 0 aromatic carbocycles. The van der Waals surface area contributed by atoms with Crippen LogP contribution in [0.1, 0.15) is 60.8 Å². The van der Waals surface area contributed by atoms with Gasteiger partial charge in [-0.1, -0.05) is 0 Å². The second-order valence-electron chi connectivity index (χ2n) is 8.01. The second kappa shape index (κ2) is 7.99. The van der Waals surface area contributed by atoms with E-state index in [4.69, 9.17) is 9.47 Å². The summed E-state index contributed by atoms with van der Waals surface area (Å²) >= 11 is 0. The predicted octanol–water partition coefficient (Wildman–Crippen LogP) is 2.71. The summed E-state index contributed by atoms with van der Waals surface area (Å²) in [6.45, 7) is 12.7. The molecule has 1 rings (SSSR count). The maximum absolute atomic E-state index is 12.7. The molecule has 0 aromatic heterocycles. The van der Waals surface area contributed by atoms with Gasteiger partial charge in [0.25, 0.3) is 0 Å². The fourth-order valence-electron chi connectivity index (χ4n) is 2.29. The molecule has 1 atom stereocenters. The first-order chi connectivity index (χ1) is 10.5. The Balaban J connectivity index is 2.71. The van der Waals surface area contributed by atoms with Crippen molar-refractivity contribution in [1.29, 1.82) is 0 Å². The molecule has 0 aromatic rings. The summed E-state index contributed by atoms with van der Waals surface area (Å²) in [5.74, 6) is -0.0974. The third-order valence-corrected chi connectivity index (χ3v) is 3.34. The van der Waals surface area contributed by atoms with E-state index in [0.717, 1.165) is 32.4 Å². The first-order valence-electron chi connectivity index (χ1n) is 8.40. The zero-order valence-corrected chi connectivity index (χ0v) is 15.4. The van der Waals surface area contributed by atoms with Crippen LogP contribution in [0.3, 0.4) is 0 Å². The van der Waals surface area contributed by atoms with Gasteiger partial charge in [0, 0.05) is 13.1 Å². The van der Waals surface area contributed by atoms with Crippen LogP contribution in [-0.4, -0.2) is 53.8 Å². The molecule has 0 spiro atoms. The Kier molecular flexibility index (Phi) is 6.86. The van der Waals surface area contributed by atoms with E-state index in [0.29, 0.717) is 0 Å². The van der Waals surface area contributed by atoms with Crippen LogP contribution in [0.2, 0.25) is 0 Å². The van der Waals surface area contributed by atoms with Gasteiger partial charge in [0.1, 0.15) is 11.6 Å². The lowest BCUT2D eigenvalue weighted by molar-refractivity contribution is -0.137. The van der Waals surface area contributed by atoms with Crippen molar-refractivity contribution >= 4 is 12.0 Å². The monoisotopic (exact) mass is 328 g/mol. The lowest BCUT2D eigenvalue weighted by Crippen LogP contribution is -2.53. The van der Waals surface area contributed by atoms with Crippen molar-refractivity contribution in [3.05, 3.63) is 0 Å². The van der Waals surface area contributed by atoms with Gasteiger partial charge in [0.05, 0.1) is 12.2 Å². The van der Waals surface area contributed by atoms with Crippen molar-refractivity contribution < 1.29 is 19.1 Å². The van der Waals surface area contributed by atoms with E-state index in [1.165, 1.54) is 0 Å². The second-order valence-corrected chi connectivity index (χ2v) is 8.01. The molecule has 0 bridgehead atoms. The number of likely N-dealkylation sites (tertiary alicyclic amines) is 1. The van der Waals surface area contributed by atoms with E-state index in [9.17, 15) is 9.59 Å². The highest BCUT2D eigenvalue weighted by Gasteiger charge is 2.30. The maximum atomic E-state index is 12.7. The largest absolute Gasteiger partial charge is 0.444 e. The van der Waals surface area contributed by atoms with E-state index in [2.05, 4.69) is 5.32 Å². The first kappa shape index (κ1) is 19.7. The minimum atomic E-state index is -0.720. The van der Waals surface area contributed by atoms with Gasteiger partial charge in [-0.15, -0.1) is 0 Å². The Morgan fingerprint density at radius 2 is 1.57 bits per heavy atom. The average molecular weight is 328 g/mol. The summed E-state index contributed by atoms with van der Waals surface area (Å²) in [6.07, 6.45) is 2.56. The van der Waals surface area contributed by atoms with Gasteiger partial charge >= 0.3 is 6.09 Å². The number of rotatable bonds is 4. The third kappa shape index (κ3) is 8.21. The summed E-state index contributed by atoms with van der Waals surface area (Å²) in [7, 11) is 0. The van der Waals surface area contributed by atoms with Crippen LogP contribution in [0.4, 0.5) is 4.79 Å². The molecule has 1 aliphatic rings. The molecule has 134 valence electrons. The van der Waals surface area contributed by atoms with Gasteiger partial charge in [0.15, 0.2) is 0 Å². The Morgan fingerprint density at radius 1 is 1.00 bits per heavy atom. The number of ether oxygens (including phenoxy) is 2. The Morgan fingerprint density at radius 3 is 2.04 bits per heavy atom. The lowest BCUT2D eigenvalue weighted by atomic mass is 10.1. The SMILES string of the molecule is CC(C)(C)OC[C@H](NC(=O)OC(C)(C)C)C(=O)N1CCCCC1. The number of carbonyl (C=O) groups excluding carboxylic acids is 2. The van der Waals surface area contributed by atoms with Gasteiger partial charge in [-0.05, 0) is 60.8 Å². The number of amides is 2. The van der Waals surface area contributed by atoms with Crippen molar-refractivity contribution in [3.63, 3.8) is 0 Å². The van der Waals surface area contributed by atoms with E-state index in [1.807, 2.05) is 20.8 Å². The summed E-state index contributed by atoms with van der Waals surface area (Å²) in [6, 6.07) is -0.720. The molecule has 1 heterocycles. The fourth-order valence-corrected chi connectivity index (χ4v) is 2.29. The van der Waals surface area contributed by atoms with Gasteiger partial charge in [-0.2, -0.15) is 0 Å². The highest BCUT2D eigenvalue weighted by atomic mass is 16.6. The minimum Gasteiger partial charge on any atom is -0.444 e. The number of nitrogens with zero attached hydrogens (tertiary/aromatic N) is 1. The van der Waals surface area contributed by atoms with Crippen molar-refractivity contribution in [3.8, 4) is 0 Å². The minimum absolute atomic E-state index is 0.0974. The van der Waals surface area contributed by atoms with Crippen LogP contribution in [0, 0.1) is 0 Å². The van der Waals surface area contributed by atoms with Crippen molar-refractivity contribution in [2.45, 2.75) is 78.0 Å². The maximum Gasteiger partial charge on any atom is 0.408 e. The number of carbonyl (C=O) groups is 2. The molecular formula is C17H32N2O4. The normalized spacial score (nSPS) is 17.6. The highest BCUT2D eigenvalue weighted by Crippen LogP contribution is 2.13. The topological polar surface area (TPSA) is 67.9 Å². The number of piperidine rings is 1. The number of hydrogen-bond acceptors (Lipinski definition) is 4. The molecule has 6 nitrogen and oxygen atoms in total. The molecule has 1 aliphatic heterocycles. The molecule has 23 heavy (non-hydrogen) atoms. The van der Waals surface area contributed by atoms with Crippen molar-refractivity contribution in [2.24, 2.45) is 0 Å². The van der Waals surface area contributed by atoms with Crippen LogP contribution in [0.15, 0.2) is 0 Å². The van der Waals surface area contributed by atoms with Gasteiger partial charge in [-0.3, -0.25) is 4.79 Å². The molecular weight excluding hydrogens is 296 g/mol. The summed E-state index contributed by atoms with van der Waals surface area (Å²) in [5, 5.41) is 2.67. The molecule has 1 fully saturated rings. The molecule has 1 N–H and O–H groups in total. The van der Waals surface area contributed by atoms with E-state index < -0.39 is 17.7 Å². The number of alkyl carbamates (subject to hydrolysis) is 1. The first-order valence-corrected chi connectivity index (χ1v) is 8.40. The van der Waals surface area contributed by atoms with Crippen LogP contribution in [0.25, 0.3) is 0 Å². The van der Waals surface area contributed by atoms with Crippen LogP contribution in [-0.2, 0) is 14.3 Å².